The lowest BCUT2D eigenvalue weighted by atomic mass is 10.1. The summed E-state index contributed by atoms with van der Waals surface area (Å²) in [5.74, 6) is -0.00898. The maximum Gasteiger partial charge on any atom is 0.160 e. The van der Waals surface area contributed by atoms with Gasteiger partial charge in [-0.2, -0.15) is 0 Å². The summed E-state index contributed by atoms with van der Waals surface area (Å²) >= 11 is 0. The van der Waals surface area contributed by atoms with Crippen molar-refractivity contribution in [2.45, 2.75) is 25.9 Å². The maximum absolute atomic E-state index is 9.28. The number of phenols is 2. The van der Waals surface area contributed by atoms with E-state index < -0.39 is 0 Å². The largest absolute Gasteiger partial charge is 0.504 e. The van der Waals surface area contributed by atoms with E-state index in [4.69, 9.17) is 10.2 Å². The van der Waals surface area contributed by atoms with Gasteiger partial charge in [0.15, 0.2) is 11.5 Å². The van der Waals surface area contributed by atoms with Crippen LogP contribution in [0.4, 0.5) is 0 Å². The number of hydrogen-bond donors (Lipinski definition) is 3. The Kier molecular flexibility index (Phi) is 5.08. The van der Waals surface area contributed by atoms with Gasteiger partial charge in [-0.25, -0.2) is 0 Å². The first-order chi connectivity index (χ1) is 7.69. The van der Waals surface area contributed by atoms with Crippen molar-refractivity contribution in [2.75, 3.05) is 13.2 Å². The highest BCUT2D eigenvalue weighted by Gasteiger charge is 2.19. The number of ether oxygens (including phenoxy) is 1. The van der Waals surface area contributed by atoms with E-state index in [1.54, 1.807) is 6.07 Å². The second-order valence-corrected chi connectivity index (χ2v) is 3.67. The number of epoxide rings is 1. The number of aromatic hydroxyl groups is 2. The molecule has 4 heteroatoms. The van der Waals surface area contributed by atoms with Crippen molar-refractivity contribution in [2.24, 2.45) is 0 Å². The average molecular weight is 226 g/mol. The van der Waals surface area contributed by atoms with Crippen molar-refractivity contribution in [3.63, 3.8) is 0 Å². The van der Waals surface area contributed by atoms with Crippen LogP contribution in [0.2, 0.25) is 0 Å². The van der Waals surface area contributed by atoms with E-state index in [1.807, 2.05) is 13.0 Å². The molecule has 2 rings (SSSR count). The number of hydrogen-bond acceptors (Lipinski definition) is 4. The molecule has 1 fully saturated rings. The van der Waals surface area contributed by atoms with Crippen molar-refractivity contribution in [1.82, 2.24) is 0 Å². The number of phenolic OH excluding ortho intramolecular Hbond substituents is 2. The van der Waals surface area contributed by atoms with Gasteiger partial charge in [0.1, 0.15) is 6.10 Å². The van der Waals surface area contributed by atoms with Crippen molar-refractivity contribution >= 4 is 0 Å². The molecule has 1 aliphatic rings. The highest BCUT2D eigenvalue weighted by Crippen LogP contribution is 2.28. The van der Waals surface area contributed by atoms with Crippen LogP contribution < -0.4 is 0 Å². The number of aliphatic hydroxyl groups is 1. The van der Waals surface area contributed by atoms with E-state index in [1.165, 1.54) is 6.07 Å². The monoisotopic (exact) mass is 226 g/mol. The van der Waals surface area contributed by atoms with Gasteiger partial charge in [-0.3, -0.25) is 0 Å². The number of rotatable bonds is 3. The first kappa shape index (κ1) is 12.8. The SMILES string of the molecule is CCCc1cccc(O)c1O.OCC1CO1. The van der Waals surface area contributed by atoms with Gasteiger partial charge in [0.25, 0.3) is 0 Å². The molecular formula is C12H18O4. The topological polar surface area (TPSA) is 73.2 Å². The third-order valence-electron chi connectivity index (χ3n) is 2.22. The number of aryl methyl sites for hydroxylation is 1. The fourth-order valence-electron chi connectivity index (χ4n) is 1.22. The lowest BCUT2D eigenvalue weighted by Gasteiger charge is -2.03. The summed E-state index contributed by atoms with van der Waals surface area (Å²) in [6, 6.07) is 5.03. The molecule has 1 atom stereocenters. The van der Waals surface area contributed by atoms with Crippen molar-refractivity contribution < 1.29 is 20.1 Å². The fraction of sp³-hybridized carbons (Fsp3) is 0.500. The quantitative estimate of drug-likeness (QED) is 0.538. The van der Waals surface area contributed by atoms with Crippen molar-refractivity contribution in [3.05, 3.63) is 23.8 Å². The lowest BCUT2D eigenvalue weighted by Crippen LogP contribution is -1.88. The van der Waals surface area contributed by atoms with Gasteiger partial charge in [0, 0.05) is 0 Å². The van der Waals surface area contributed by atoms with Crippen LogP contribution in [0.5, 0.6) is 11.5 Å². The van der Waals surface area contributed by atoms with Crippen molar-refractivity contribution in [3.8, 4) is 11.5 Å². The van der Waals surface area contributed by atoms with E-state index >= 15 is 0 Å². The molecule has 0 aromatic heterocycles. The zero-order valence-corrected chi connectivity index (χ0v) is 9.39. The molecule has 0 aliphatic carbocycles. The van der Waals surface area contributed by atoms with Crippen molar-refractivity contribution in [1.29, 1.82) is 0 Å². The summed E-state index contributed by atoms with van der Waals surface area (Å²) in [5.41, 5.74) is 0.813. The summed E-state index contributed by atoms with van der Waals surface area (Å²) < 4.78 is 4.61. The predicted molar refractivity (Wildman–Crippen MR) is 60.6 cm³/mol. The van der Waals surface area contributed by atoms with Crippen LogP contribution in [0.1, 0.15) is 18.9 Å². The van der Waals surface area contributed by atoms with Gasteiger partial charge in [0.2, 0.25) is 0 Å². The van der Waals surface area contributed by atoms with Gasteiger partial charge in [-0.1, -0.05) is 25.5 Å². The van der Waals surface area contributed by atoms with Crippen LogP contribution in [-0.2, 0) is 11.2 Å². The van der Waals surface area contributed by atoms with Crippen LogP contribution in [0, 0.1) is 0 Å². The van der Waals surface area contributed by atoms with Crippen LogP contribution in [0.3, 0.4) is 0 Å². The Morgan fingerprint density at radius 2 is 2.06 bits per heavy atom. The summed E-state index contributed by atoms with van der Waals surface area (Å²) in [6.45, 7) is 2.99. The van der Waals surface area contributed by atoms with Crippen LogP contribution in [0.25, 0.3) is 0 Å². The Labute approximate surface area is 95.1 Å². The van der Waals surface area contributed by atoms with Gasteiger partial charge < -0.3 is 20.1 Å². The summed E-state index contributed by atoms with van der Waals surface area (Å²) in [5, 5.41) is 26.4. The molecule has 0 radical (unpaired) electrons. The zero-order valence-electron chi connectivity index (χ0n) is 9.39. The molecule has 90 valence electrons. The van der Waals surface area contributed by atoms with Gasteiger partial charge in [0.05, 0.1) is 13.2 Å². The molecule has 1 aromatic rings. The second-order valence-electron chi connectivity index (χ2n) is 3.67. The normalized spacial score (nSPS) is 17.5. The molecule has 1 heterocycles. The first-order valence-electron chi connectivity index (χ1n) is 5.41. The molecule has 3 N–H and O–H groups in total. The van der Waals surface area contributed by atoms with Gasteiger partial charge in [-0.15, -0.1) is 0 Å². The molecule has 1 saturated heterocycles. The minimum atomic E-state index is -0.0315. The average Bonchev–Trinajstić information content (AvgIpc) is 3.09. The fourth-order valence-corrected chi connectivity index (χ4v) is 1.22. The molecular weight excluding hydrogens is 208 g/mol. The van der Waals surface area contributed by atoms with Crippen LogP contribution in [-0.4, -0.2) is 34.6 Å². The summed E-state index contributed by atoms with van der Waals surface area (Å²) in [6.07, 6.45) is 1.96. The maximum atomic E-state index is 9.28. The lowest BCUT2D eigenvalue weighted by molar-refractivity contribution is 0.244. The zero-order chi connectivity index (χ0) is 12.0. The highest BCUT2D eigenvalue weighted by molar-refractivity contribution is 5.44. The van der Waals surface area contributed by atoms with E-state index in [0.29, 0.717) is 0 Å². The van der Waals surface area contributed by atoms with Gasteiger partial charge in [-0.05, 0) is 18.1 Å². The molecule has 0 saturated carbocycles. The first-order valence-corrected chi connectivity index (χ1v) is 5.41. The minimum absolute atomic E-state index is 0.0225. The molecule has 1 aliphatic heterocycles. The predicted octanol–water partition coefficient (Wildman–Crippen LogP) is 1.43. The second kappa shape index (κ2) is 6.35. The van der Waals surface area contributed by atoms with E-state index in [2.05, 4.69) is 4.74 Å². The number of benzene rings is 1. The molecule has 1 unspecified atom stereocenters. The Hall–Kier alpha value is -1.26. The number of aliphatic hydroxyl groups excluding tert-OH is 1. The standard InChI is InChI=1S/C9H12O2.C3H6O2/c1-2-4-7-5-3-6-8(10)9(7)11;4-1-3-2-5-3/h3,5-6,10-11H,2,4H2,1H3;3-4H,1-2H2. The molecule has 0 amide bonds. The minimum Gasteiger partial charge on any atom is -0.504 e. The van der Waals surface area contributed by atoms with Crippen LogP contribution in [0.15, 0.2) is 18.2 Å². The third-order valence-corrected chi connectivity index (χ3v) is 2.22. The third kappa shape index (κ3) is 4.08. The molecule has 16 heavy (non-hydrogen) atoms. The molecule has 0 spiro atoms. The summed E-state index contributed by atoms with van der Waals surface area (Å²) in [7, 11) is 0. The molecule has 0 bridgehead atoms. The van der Waals surface area contributed by atoms with Crippen LogP contribution >= 0.6 is 0 Å². The Morgan fingerprint density at radius 3 is 2.50 bits per heavy atom. The number of para-hydroxylation sites is 1. The molecule has 1 aromatic carbocycles. The Bertz CT molecular complexity index is 321. The van der Waals surface area contributed by atoms with E-state index in [9.17, 15) is 5.11 Å². The van der Waals surface area contributed by atoms with E-state index in [0.717, 1.165) is 25.0 Å². The Balaban J connectivity index is 0.000000212. The highest BCUT2D eigenvalue weighted by atomic mass is 16.6. The smallest absolute Gasteiger partial charge is 0.160 e. The molecule has 4 nitrogen and oxygen atoms in total. The van der Waals surface area contributed by atoms with E-state index in [-0.39, 0.29) is 24.2 Å². The Morgan fingerprint density at radius 1 is 1.38 bits per heavy atom. The summed E-state index contributed by atoms with van der Waals surface area (Å²) in [4.78, 5) is 0. The van der Waals surface area contributed by atoms with Gasteiger partial charge >= 0.3 is 0 Å².